The number of rotatable bonds is 7. The largest absolute Gasteiger partial charge is 0.503 e. The number of halogens is 2. The summed E-state index contributed by atoms with van der Waals surface area (Å²) in [6, 6.07) is 11.2. The van der Waals surface area contributed by atoms with Crippen LogP contribution in [0.25, 0.3) is 0 Å². The van der Waals surface area contributed by atoms with E-state index < -0.39 is 0 Å². The normalized spacial score (nSPS) is 15.4. The van der Waals surface area contributed by atoms with Crippen molar-refractivity contribution in [3.05, 3.63) is 57.0 Å². The van der Waals surface area contributed by atoms with Gasteiger partial charge in [-0.25, -0.2) is 5.43 Å². The van der Waals surface area contributed by atoms with E-state index in [1.165, 1.54) is 13.3 Å². The first-order chi connectivity index (χ1) is 14.5. The van der Waals surface area contributed by atoms with Crippen LogP contribution in [-0.4, -0.2) is 66.9 Å². The van der Waals surface area contributed by atoms with Crippen molar-refractivity contribution in [3.63, 3.8) is 0 Å². The van der Waals surface area contributed by atoms with Gasteiger partial charge in [-0.2, -0.15) is 5.10 Å². The molecule has 160 valence electrons. The third kappa shape index (κ3) is 6.18. The SMILES string of the molecule is COc1cc(C=NNC(=O)CN2CCN(Cc3ccccc3Cl)CC2)cc(Br)c1O. The molecule has 1 fully saturated rings. The molecular weight excluding hydrogens is 472 g/mol. The summed E-state index contributed by atoms with van der Waals surface area (Å²) in [7, 11) is 1.47. The number of piperazine rings is 1. The highest BCUT2D eigenvalue weighted by molar-refractivity contribution is 9.10. The summed E-state index contributed by atoms with van der Waals surface area (Å²) in [5, 5.41) is 14.6. The predicted octanol–water partition coefficient (Wildman–Crippen LogP) is 3.08. The van der Waals surface area contributed by atoms with Gasteiger partial charge in [0.2, 0.25) is 0 Å². The van der Waals surface area contributed by atoms with Crippen LogP contribution in [0.2, 0.25) is 5.02 Å². The molecule has 0 bridgehead atoms. The highest BCUT2D eigenvalue weighted by atomic mass is 79.9. The summed E-state index contributed by atoms with van der Waals surface area (Å²) in [6.07, 6.45) is 1.51. The molecule has 1 amide bonds. The van der Waals surface area contributed by atoms with Crippen molar-refractivity contribution in [1.82, 2.24) is 15.2 Å². The molecule has 2 N–H and O–H groups in total. The van der Waals surface area contributed by atoms with Gasteiger partial charge < -0.3 is 9.84 Å². The monoisotopic (exact) mass is 494 g/mol. The van der Waals surface area contributed by atoms with E-state index in [0.29, 0.717) is 22.3 Å². The summed E-state index contributed by atoms with van der Waals surface area (Å²) in [5.41, 5.74) is 4.36. The second-order valence-electron chi connectivity index (χ2n) is 6.99. The third-order valence-electron chi connectivity index (χ3n) is 4.86. The number of carbonyl (C=O) groups is 1. The molecule has 0 atom stereocenters. The van der Waals surface area contributed by atoms with Crippen molar-refractivity contribution in [3.8, 4) is 11.5 Å². The van der Waals surface area contributed by atoms with Gasteiger partial charge in [0.1, 0.15) is 0 Å². The average Bonchev–Trinajstić information content (AvgIpc) is 2.73. The Balaban J connectivity index is 1.43. The topological polar surface area (TPSA) is 77.4 Å². The van der Waals surface area contributed by atoms with Crippen LogP contribution in [0.3, 0.4) is 0 Å². The number of benzene rings is 2. The number of hydrazone groups is 1. The van der Waals surface area contributed by atoms with E-state index in [1.54, 1.807) is 12.1 Å². The minimum atomic E-state index is -0.171. The molecule has 2 aromatic carbocycles. The van der Waals surface area contributed by atoms with Crippen LogP contribution in [-0.2, 0) is 11.3 Å². The van der Waals surface area contributed by atoms with Crippen molar-refractivity contribution in [2.75, 3.05) is 39.8 Å². The Labute approximate surface area is 189 Å². The van der Waals surface area contributed by atoms with Gasteiger partial charge in [-0.1, -0.05) is 29.8 Å². The number of phenols is 1. The number of hydrogen-bond donors (Lipinski definition) is 2. The number of nitrogens with zero attached hydrogens (tertiary/aromatic N) is 3. The zero-order valence-corrected chi connectivity index (χ0v) is 19.0. The van der Waals surface area contributed by atoms with E-state index in [0.717, 1.165) is 43.3 Å². The van der Waals surface area contributed by atoms with Crippen molar-refractivity contribution in [1.29, 1.82) is 0 Å². The van der Waals surface area contributed by atoms with Gasteiger partial charge in [0.05, 0.1) is 24.3 Å². The van der Waals surface area contributed by atoms with E-state index in [9.17, 15) is 9.90 Å². The molecule has 0 unspecified atom stereocenters. The Bertz CT molecular complexity index is 917. The number of nitrogens with one attached hydrogen (secondary N) is 1. The first kappa shape index (κ1) is 22.6. The van der Waals surface area contributed by atoms with E-state index in [2.05, 4.69) is 36.3 Å². The van der Waals surface area contributed by atoms with Crippen LogP contribution in [0.1, 0.15) is 11.1 Å². The minimum absolute atomic E-state index is 0.0207. The van der Waals surface area contributed by atoms with E-state index in [-0.39, 0.29) is 11.7 Å². The Hall–Kier alpha value is -2.13. The molecule has 1 aliphatic heterocycles. The van der Waals surface area contributed by atoms with Gasteiger partial charge in [-0.15, -0.1) is 0 Å². The maximum Gasteiger partial charge on any atom is 0.254 e. The Morgan fingerprint density at radius 3 is 2.67 bits per heavy atom. The Morgan fingerprint density at radius 1 is 1.27 bits per heavy atom. The van der Waals surface area contributed by atoms with Crippen LogP contribution in [0.4, 0.5) is 0 Å². The number of aromatic hydroxyl groups is 1. The van der Waals surface area contributed by atoms with Crippen LogP contribution in [0.5, 0.6) is 11.5 Å². The molecule has 9 heteroatoms. The zero-order chi connectivity index (χ0) is 21.5. The zero-order valence-electron chi connectivity index (χ0n) is 16.6. The van der Waals surface area contributed by atoms with Crippen LogP contribution in [0, 0.1) is 0 Å². The second-order valence-corrected chi connectivity index (χ2v) is 8.25. The summed E-state index contributed by atoms with van der Waals surface area (Å²) in [5.74, 6) is 0.176. The molecule has 7 nitrogen and oxygen atoms in total. The van der Waals surface area contributed by atoms with Crippen LogP contribution < -0.4 is 10.2 Å². The highest BCUT2D eigenvalue weighted by Gasteiger charge is 2.19. The van der Waals surface area contributed by atoms with E-state index in [4.69, 9.17) is 16.3 Å². The Morgan fingerprint density at radius 2 is 1.97 bits per heavy atom. The molecule has 0 radical (unpaired) electrons. The van der Waals surface area contributed by atoms with Crippen molar-refractivity contribution in [2.24, 2.45) is 5.10 Å². The number of hydrogen-bond acceptors (Lipinski definition) is 6. The van der Waals surface area contributed by atoms with Crippen LogP contribution in [0.15, 0.2) is 46.0 Å². The van der Waals surface area contributed by atoms with E-state index in [1.807, 2.05) is 24.3 Å². The summed E-state index contributed by atoms with van der Waals surface area (Å²) >= 11 is 9.50. The molecule has 1 aliphatic rings. The summed E-state index contributed by atoms with van der Waals surface area (Å²) in [4.78, 5) is 16.6. The first-order valence-electron chi connectivity index (χ1n) is 9.53. The second kappa shape index (κ2) is 10.8. The molecule has 1 heterocycles. The number of amides is 1. The lowest BCUT2D eigenvalue weighted by Crippen LogP contribution is -2.48. The van der Waals surface area contributed by atoms with Crippen molar-refractivity contribution < 1.29 is 14.6 Å². The van der Waals surface area contributed by atoms with Gasteiger partial charge in [-0.05, 0) is 45.3 Å². The van der Waals surface area contributed by atoms with Crippen molar-refractivity contribution in [2.45, 2.75) is 6.54 Å². The molecule has 0 aromatic heterocycles. The fourth-order valence-corrected chi connectivity index (χ4v) is 3.87. The summed E-state index contributed by atoms with van der Waals surface area (Å²) in [6.45, 7) is 4.48. The van der Waals surface area contributed by atoms with Gasteiger partial charge >= 0.3 is 0 Å². The fourth-order valence-electron chi connectivity index (χ4n) is 3.21. The quantitative estimate of drug-likeness (QED) is 0.456. The number of carbonyl (C=O) groups excluding carboxylic acids is 1. The molecule has 1 saturated heterocycles. The van der Waals surface area contributed by atoms with Gasteiger partial charge in [0.25, 0.3) is 5.91 Å². The number of phenolic OH excluding ortho intramolecular Hbond substituents is 1. The molecule has 30 heavy (non-hydrogen) atoms. The molecule has 2 aromatic rings. The highest BCUT2D eigenvalue weighted by Crippen LogP contribution is 2.34. The van der Waals surface area contributed by atoms with Crippen LogP contribution >= 0.6 is 27.5 Å². The van der Waals surface area contributed by atoms with Crippen molar-refractivity contribution >= 4 is 39.7 Å². The maximum atomic E-state index is 12.2. The van der Waals surface area contributed by atoms with Gasteiger partial charge in [-0.3, -0.25) is 14.6 Å². The number of methoxy groups -OCH3 is 1. The smallest absolute Gasteiger partial charge is 0.254 e. The molecule has 3 rings (SSSR count). The lowest BCUT2D eigenvalue weighted by atomic mass is 10.2. The first-order valence-corrected chi connectivity index (χ1v) is 10.7. The van der Waals surface area contributed by atoms with Gasteiger partial charge in [0.15, 0.2) is 11.5 Å². The molecule has 0 saturated carbocycles. The van der Waals surface area contributed by atoms with E-state index >= 15 is 0 Å². The lowest BCUT2D eigenvalue weighted by molar-refractivity contribution is -0.122. The maximum absolute atomic E-state index is 12.2. The third-order valence-corrected chi connectivity index (χ3v) is 5.83. The molecule has 0 aliphatic carbocycles. The summed E-state index contributed by atoms with van der Waals surface area (Å²) < 4.78 is 5.59. The fraction of sp³-hybridized carbons (Fsp3) is 0.333. The number of ether oxygens (including phenoxy) is 1. The standard InChI is InChI=1S/C21H24BrClN4O3/c1-30-19-11-15(10-17(22)21(19)29)12-24-25-20(28)14-27-8-6-26(7-9-27)13-16-4-2-3-5-18(16)23/h2-5,10-12,29H,6-9,13-14H2,1H3,(H,25,28). The minimum Gasteiger partial charge on any atom is -0.503 e. The molecule has 0 spiro atoms. The average molecular weight is 496 g/mol. The van der Waals surface area contributed by atoms with Gasteiger partial charge in [0, 0.05) is 37.7 Å². The molecular formula is C21H24BrClN4O3. The Kier molecular flexibility index (Phi) is 8.09. The lowest BCUT2D eigenvalue weighted by Gasteiger charge is -2.34. The predicted molar refractivity (Wildman–Crippen MR) is 121 cm³/mol.